The van der Waals surface area contributed by atoms with Crippen LogP contribution in [-0.2, 0) is 4.74 Å². The van der Waals surface area contributed by atoms with E-state index in [4.69, 9.17) is 10.5 Å². The summed E-state index contributed by atoms with van der Waals surface area (Å²) in [4.78, 5) is 25.2. The average molecular weight is 370 g/mol. The molecule has 0 saturated carbocycles. The highest BCUT2D eigenvalue weighted by Gasteiger charge is 2.20. The van der Waals surface area contributed by atoms with Crippen molar-refractivity contribution in [3.8, 4) is 0 Å². The molecule has 1 aromatic carbocycles. The van der Waals surface area contributed by atoms with Crippen LogP contribution in [0.25, 0.3) is 0 Å². The molecule has 3 rings (SSSR count). The van der Waals surface area contributed by atoms with E-state index in [0.29, 0.717) is 29.4 Å². The molecule has 0 spiro atoms. The highest BCUT2D eigenvalue weighted by Crippen LogP contribution is 2.29. The van der Waals surface area contributed by atoms with Crippen LogP contribution in [0, 0.1) is 0 Å². The number of carbonyl (C=O) groups is 1. The fourth-order valence-electron chi connectivity index (χ4n) is 3.09. The third kappa shape index (κ3) is 4.46. The SMILES string of the molecule is CCOC(=O)c1cccc(Nc2ncnc(N3CCN(CC)CC3)c2N)c1. The first kappa shape index (κ1) is 18.9. The lowest BCUT2D eigenvalue weighted by Crippen LogP contribution is -2.46. The minimum Gasteiger partial charge on any atom is -0.462 e. The molecule has 0 atom stereocenters. The van der Waals surface area contributed by atoms with E-state index < -0.39 is 0 Å². The predicted molar refractivity (Wildman–Crippen MR) is 106 cm³/mol. The van der Waals surface area contributed by atoms with Crippen LogP contribution in [0.4, 0.5) is 23.0 Å². The number of ether oxygens (including phenoxy) is 1. The van der Waals surface area contributed by atoms with E-state index in [0.717, 1.165) is 38.5 Å². The highest BCUT2D eigenvalue weighted by molar-refractivity contribution is 5.91. The number of nitrogens with two attached hydrogens (primary N) is 1. The van der Waals surface area contributed by atoms with Gasteiger partial charge >= 0.3 is 5.97 Å². The molecule has 0 radical (unpaired) electrons. The van der Waals surface area contributed by atoms with E-state index in [9.17, 15) is 4.79 Å². The van der Waals surface area contributed by atoms with E-state index >= 15 is 0 Å². The summed E-state index contributed by atoms with van der Waals surface area (Å²) in [5, 5.41) is 3.19. The fraction of sp³-hybridized carbons (Fsp3) is 0.421. The molecule has 0 amide bonds. The van der Waals surface area contributed by atoms with Crippen molar-refractivity contribution >= 4 is 29.0 Å². The smallest absolute Gasteiger partial charge is 0.338 e. The lowest BCUT2D eigenvalue weighted by atomic mass is 10.2. The Morgan fingerprint density at radius 3 is 2.70 bits per heavy atom. The summed E-state index contributed by atoms with van der Waals surface area (Å²) >= 11 is 0. The van der Waals surface area contributed by atoms with Gasteiger partial charge in [0.15, 0.2) is 11.6 Å². The fourth-order valence-corrected chi connectivity index (χ4v) is 3.09. The van der Waals surface area contributed by atoms with Gasteiger partial charge in [-0.05, 0) is 31.7 Å². The monoisotopic (exact) mass is 370 g/mol. The molecule has 27 heavy (non-hydrogen) atoms. The Hall–Kier alpha value is -2.87. The Balaban J connectivity index is 1.77. The lowest BCUT2D eigenvalue weighted by Gasteiger charge is -2.35. The van der Waals surface area contributed by atoms with Gasteiger partial charge in [-0.25, -0.2) is 14.8 Å². The van der Waals surface area contributed by atoms with E-state index in [1.807, 2.05) is 6.07 Å². The maximum atomic E-state index is 11.9. The van der Waals surface area contributed by atoms with Gasteiger partial charge in [0.25, 0.3) is 0 Å². The number of benzene rings is 1. The molecule has 1 aliphatic heterocycles. The Bertz CT molecular complexity index is 790. The number of carbonyl (C=O) groups excluding carboxylic acids is 1. The van der Waals surface area contributed by atoms with Crippen LogP contribution < -0.4 is 16.0 Å². The second kappa shape index (κ2) is 8.68. The Labute approximate surface area is 159 Å². The summed E-state index contributed by atoms with van der Waals surface area (Å²) in [5.41, 5.74) is 8.04. The molecule has 8 heteroatoms. The molecule has 144 valence electrons. The summed E-state index contributed by atoms with van der Waals surface area (Å²) < 4.78 is 5.05. The third-order valence-electron chi connectivity index (χ3n) is 4.62. The first-order chi connectivity index (χ1) is 13.1. The van der Waals surface area contributed by atoms with Crippen molar-refractivity contribution in [2.24, 2.45) is 0 Å². The average Bonchev–Trinajstić information content (AvgIpc) is 2.70. The first-order valence-electron chi connectivity index (χ1n) is 9.24. The number of esters is 1. The van der Waals surface area contributed by atoms with Gasteiger partial charge in [0, 0.05) is 31.9 Å². The summed E-state index contributed by atoms with van der Waals surface area (Å²) in [7, 11) is 0. The summed E-state index contributed by atoms with van der Waals surface area (Å²) in [5.74, 6) is 0.912. The van der Waals surface area contributed by atoms with Gasteiger partial charge in [-0.3, -0.25) is 0 Å². The number of anilines is 4. The largest absolute Gasteiger partial charge is 0.462 e. The van der Waals surface area contributed by atoms with Crippen molar-refractivity contribution in [2.45, 2.75) is 13.8 Å². The number of nitrogen functional groups attached to an aromatic ring is 1. The van der Waals surface area contributed by atoms with Gasteiger partial charge in [0.2, 0.25) is 0 Å². The number of hydrogen-bond donors (Lipinski definition) is 2. The van der Waals surface area contributed by atoms with Crippen LogP contribution in [-0.4, -0.2) is 60.2 Å². The first-order valence-corrected chi connectivity index (χ1v) is 9.24. The normalized spacial score (nSPS) is 14.8. The predicted octanol–water partition coefficient (Wildman–Crippen LogP) is 2.12. The van der Waals surface area contributed by atoms with Crippen molar-refractivity contribution < 1.29 is 9.53 Å². The number of nitrogens with zero attached hydrogens (tertiary/aromatic N) is 4. The van der Waals surface area contributed by atoms with Crippen LogP contribution in [0.5, 0.6) is 0 Å². The molecule has 3 N–H and O–H groups in total. The molecular formula is C19H26N6O2. The van der Waals surface area contributed by atoms with Gasteiger partial charge < -0.3 is 25.6 Å². The van der Waals surface area contributed by atoms with Gasteiger partial charge in [-0.15, -0.1) is 0 Å². The lowest BCUT2D eigenvalue weighted by molar-refractivity contribution is 0.0526. The van der Waals surface area contributed by atoms with Crippen molar-refractivity contribution in [2.75, 3.05) is 55.3 Å². The second-order valence-corrected chi connectivity index (χ2v) is 6.31. The molecule has 1 aliphatic rings. The summed E-state index contributed by atoms with van der Waals surface area (Å²) in [6.07, 6.45) is 1.51. The minimum atomic E-state index is -0.355. The molecule has 0 bridgehead atoms. The maximum Gasteiger partial charge on any atom is 0.338 e. The van der Waals surface area contributed by atoms with E-state index in [2.05, 4.69) is 32.0 Å². The Morgan fingerprint density at radius 2 is 2.00 bits per heavy atom. The third-order valence-corrected chi connectivity index (χ3v) is 4.62. The van der Waals surface area contributed by atoms with E-state index in [-0.39, 0.29) is 5.97 Å². The Kier molecular flexibility index (Phi) is 6.08. The van der Waals surface area contributed by atoms with Crippen molar-refractivity contribution in [1.82, 2.24) is 14.9 Å². The van der Waals surface area contributed by atoms with Gasteiger partial charge in [0.1, 0.15) is 12.0 Å². The molecule has 1 fully saturated rings. The van der Waals surface area contributed by atoms with Gasteiger partial charge in [0.05, 0.1) is 12.2 Å². The maximum absolute atomic E-state index is 11.9. The molecule has 8 nitrogen and oxygen atoms in total. The van der Waals surface area contributed by atoms with Crippen molar-refractivity contribution in [1.29, 1.82) is 0 Å². The van der Waals surface area contributed by atoms with Crippen LogP contribution >= 0.6 is 0 Å². The number of rotatable bonds is 6. The minimum absolute atomic E-state index is 0.337. The zero-order chi connectivity index (χ0) is 19.2. The zero-order valence-corrected chi connectivity index (χ0v) is 15.8. The number of hydrogen-bond acceptors (Lipinski definition) is 8. The van der Waals surface area contributed by atoms with Crippen LogP contribution in [0.1, 0.15) is 24.2 Å². The van der Waals surface area contributed by atoms with E-state index in [1.165, 1.54) is 6.33 Å². The van der Waals surface area contributed by atoms with Crippen LogP contribution in [0.2, 0.25) is 0 Å². The van der Waals surface area contributed by atoms with Crippen molar-refractivity contribution in [3.63, 3.8) is 0 Å². The number of nitrogens with one attached hydrogen (secondary N) is 1. The molecule has 0 aliphatic carbocycles. The van der Waals surface area contributed by atoms with Crippen LogP contribution in [0.15, 0.2) is 30.6 Å². The Morgan fingerprint density at radius 1 is 1.22 bits per heavy atom. The standard InChI is InChI=1S/C19H26N6O2/c1-3-24-8-10-25(11-9-24)18-16(20)17(21-13-22-18)23-15-7-5-6-14(12-15)19(26)27-4-2/h5-7,12-13H,3-4,8-11,20H2,1-2H3,(H,21,22,23). The molecule has 1 saturated heterocycles. The summed E-state index contributed by atoms with van der Waals surface area (Å²) in [6, 6.07) is 7.07. The number of piperazine rings is 1. The highest BCUT2D eigenvalue weighted by atomic mass is 16.5. The number of aromatic nitrogens is 2. The van der Waals surface area contributed by atoms with Crippen molar-refractivity contribution in [3.05, 3.63) is 36.2 Å². The second-order valence-electron chi connectivity index (χ2n) is 6.31. The molecular weight excluding hydrogens is 344 g/mol. The zero-order valence-electron chi connectivity index (χ0n) is 15.8. The molecule has 2 heterocycles. The topological polar surface area (TPSA) is 96.6 Å². The molecule has 1 aromatic heterocycles. The van der Waals surface area contributed by atoms with Gasteiger partial charge in [-0.2, -0.15) is 0 Å². The van der Waals surface area contributed by atoms with Gasteiger partial charge in [-0.1, -0.05) is 13.0 Å². The molecule has 0 unspecified atom stereocenters. The van der Waals surface area contributed by atoms with Crippen LogP contribution in [0.3, 0.4) is 0 Å². The van der Waals surface area contributed by atoms with E-state index in [1.54, 1.807) is 25.1 Å². The molecule has 2 aromatic rings. The number of likely N-dealkylation sites (N-methyl/N-ethyl adjacent to an activating group) is 1. The summed E-state index contributed by atoms with van der Waals surface area (Å²) in [6.45, 7) is 9.08. The quantitative estimate of drug-likeness (QED) is 0.747.